The molecule has 0 aliphatic carbocycles. The van der Waals surface area contributed by atoms with Gasteiger partial charge in [-0.05, 0) is 42.9 Å². The fraction of sp³-hybridized carbons (Fsp3) is 0.643. The number of nitrogens with zero attached hydrogens (tertiary/aromatic N) is 2. The monoisotopic (exact) mass is 234 g/mol. The maximum absolute atomic E-state index is 9.24. The summed E-state index contributed by atoms with van der Waals surface area (Å²) in [6.45, 7) is 8.81. The molecular formula is C14H22N2O. The normalized spacial score (nSPS) is 19.4. The minimum Gasteiger partial charge on any atom is -0.392 e. The molecule has 0 saturated carbocycles. The minimum absolute atomic E-state index is 0.0909. The topological polar surface area (TPSA) is 36.4 Å². The van der Waals surface area contributed by atoms with Gasteiger partial charge in [-0.2, -0.15) is 0 Å². The molecule has 1 aromatic heterocycles. The lowest BCUT2D eigenvalue weighted by atomic mass is 9.84. The highest BCUT2D eigenvalue weighted by Gasteiger charge is 2.27. The molecule has 1 aliphatic rings. The van der Waals surface area contributed by atoms with Gasteiger partial charge >= 0.3 is 0 Å². The molecule has 1 aliphatic heterocycles. The molecule has 17 heavy (non-hydrogen) atoms. The zero-order valence-corrected chi connectivity index (χ0v) is 11.0. The molecular weight excluding hydrogens is 212 g/mol. The highest BCUT2D eigenvalue weighted by Crippen LogP contribution is 2.31. The van der Waals surface area contributed by atoms with Crippen molar-refractivity contribution < 1.29 is 5.11 Å². The van der Waals surface area contributed by atoms with Gasteiger partial charge in [-0.3, -0.25) is 0 Å². The van der Waals surface area contributed by atoms with Gasteiger partial charge < -0.3 is 10.0 Å². The summed E-state index contributed by atoms with van der Waals surface area (Å²) in [7, 11) is 0. The van der Waals surface area contributed by atoms with Crippen LogP contribution in [0.1, 0.15) is 37.9 Å². The number of rotatable bonds is 2. The molecule has 94 valence electrons. The van der Waals surface area contributed by atoms with Crippen LogP contribution >= 0.6 is 0 Å². The van der Waals surface area contributed by atoms with Crippen LogP contribution in [0.25, 0.3) is 0 Å². The number of aliphatic hydroxyl groups excluding tert-OH is 1. The number of pyridine rings is 1. The molecule has 0 unspecified atom stereocenters. The summed E-state index contributed by atoms with van der Waals surface area (Å²) in [6.07, 6.45) is 2.50. The van der Waals surface area contributed by atoms with Crippen molar-refractivity contribution in [3.8, 4) is 0 Å². The van der Waals surface area contributed by atoms with Crippen LogP contribution in [-0.2, 0) is 6.61 Å². The highest BCUT2D eigenvalue weighted by atomic mass is 16.3. The van der Waals surface area contributed by atoms with E-state index in [0.29, 0.717) is 5.41 Å². The molecule has 1 aromatic rings. The van der Waals surface area contributed by atoms with Gasteiger partial charge in [0, 0.05) is 18.8 Å². The third-order valence-electron chi connectivity index (χ3n) is 3.41. The second-order valence-electron chi connectivity index (χ2n) is 5.82. The number of piperidine rings is 1. The zero-order valence-electron chi connectivity index (χ0n) is 11.0. The van der Waals surface area contributed by atoms with Crippen LogP contribution in [0.4, 0.5) is 5.82 Å². The van der Waals surface area contributed by atoms with Gasteiger partial charge in [0.25, 0.3) is 0 Å². The molecule has 1 saturated heterocycles. The molecule has 3 nitrogen and oxygen atoms in total. The first-order valence-electron chi connectivity index (χ1n) is 6.33. The van der Waals surface area contributed by atoms with Crippen molar-refractivity contribution in [1.29, 1.82) is 0 Å². The van der Waals surface area contributed by atoms with Gasteiger partial charge in [0.15, 0.2) is 0 Å². The summed E-state index contributed by atoms with van der Waals surface area (Å²) in [5, 5.41) is 9.24. The summed E-state index contributed by atoms with van der Waals surface area (Å²) in [6, 6.07) is 3.95. The Morgan fingerprint density at radius 3 is 2.82 bits per heavy atom. The average molecular weight is 234 g/mol. The maximum atomic E-state index is 9.24. The van der Waals surface area contributed by atoms with Crippen molar-refractivity contribution in [3.63, 3.8) is 0 Å². The van der Waals surface area contributed by atoms with E-state index in [2.05, 4.69) is 23.7 Å². The van der Waals surface area contributed by atoms with Gasteiger partial charge in [-0.1, -0.05) is 13.8 Å². The Morgan fingerprint density at radius 2 is 2.18 bits per heavy atom. The fourth-order valence-corrected chi connectivity index (χ4v) is 2.59. The molecule has 0 aromatic carbocycles. The lowest BCUT2D eigenvalue weighted by Gasteiger charge is -2.39. The Balaban J connectivity index is 2.24. The summed E-state index contributed by atoms with van der Waals surface area (Å²) in [5.41, 5.74) is 2.30. The first kappa shape index (κ1) is 12.4. The Kier molecular flexibility index (Phi) is 3.38. The maximum Gasteiger partial charge on any atom is 0.129 e. The number of hydrogen-bond donors (Lipinski definition) is 1. The van der Waals surface area contributed by atoms with Gasteiger partial charge in [-0.15, -0.1) is 0 Å². The smallest absolute Gasteiger partial charge is 0.129 e. The predicted molar refractivity (Wildman–Crippen MR) is 70.1 cm³/mol. The van der Waals surface area contributed by atoms with Gasteiger partial charge in [0.1, 0.15) is 5.82 Å². The van der Waals surface area contributed by atoms with Crippen LogP contribution in [0, 0.1) is 12.3 Å². The first-order valence-corrected chi connectivity index (χ1v) is 6.33. The van der Waals surface area contributed by atoms with E-state index >= 15 is 0 Å². The van der Waals surface area contributed by atoms with E-state index in [1.54, 1.807) is 0 Å². The minimum atomic E-state index is 0.0909. The summed E-state index contributed by atoms with van der Waals surface area (Å²) in [5.74, 6) is 1.02. The highest BCUT2D eigenvalue weighted by molar-refractivity contribution is 5.43. The van der Waals surface area contributed by atoms with Crippen molar-refractivity contribution in [2.45, 2.75) is 40.2 Å². The Morgan fingerprint density at radius 1 is 1.41 bits per heavy atom. The van der Waals surface area contributed by atoms with E-state index in [9.17, 15) is 5.11 Å². The van der Waals surface area contributed by atoms with Crippen LogP contribution in [0.2, 0.25) is 0 Å². The molecule has 3 heteroatoms. The SMILES string of the molecule is Cc1cc(CO)cc(N2CCCC(C)(C)C2)n1. The Hall–Kier alpha value is -1.09. The van der Waals surface area contributed by atoms with E-state index in [0.717, 1.165) is 30.2 Å². The van der Waals surface area contributed by atoms with Crippen molar-refractivity contribution in [1.82, 2.24) is 4.98 Å². The third-order valence-corrected chi connectivity index (χ3v) is 3.41. The summed E-state index contributed by atoms with van der Waals surface area (Å²) >= 11 is 0. The molecule has 0 bridgehead atoms. The number of aryl methyl sites for hydroxylation is 1. The number of aliphatic hydroxyl groups is 1. The quantitative estimate of drug-likeness (QED) is 0.854. The molecule has 0 amide bonds. The summed E-state index contributed by atoms with van der Waals surface area (Å²) in [4.78, 5) is 6.93. The molecule has 1 fully saturated rings. The largest absolute Gasteiger partial charge is 0.392 e. The van der Waals surface area contributed by atoms with Gasteiger partial charge in [-0.25, -0.2) is 4.98 Å². The first-order chi connectivity index (χ1) is 8.00. The summed E-state index contributed by atoms with van der Waals surface area (Å²) < 4.78 is 0. The third kappa shape index (κ3) is 2.97. The van der Waals surface area contributed by atoms with Crippen molar-refractivity contribution in [2.24, 2.45) is 5.41 Å². The molecule has 2 rings (SSSR count). The van der Waals surface area contributed by atoms with Crippen LogP contribution in [-0.4, -0.2) is 23.2 Å². The molecule has 0 spiro atoms. The average Bonchev–Trinajstić information content (AvgIpc) is 2.27. The molecule has 0 radical (unpaired) electrons. The van der Waals surface area contributed by atoms with Gasteiger partial charge in [0.2, 0.25) is 0 Å². The standard InChI is InChI=1S/C14H22N2O/c1-11-7-12(9-17)8-13(15-11)16-6-4-5-14(2,3)10-16/h7-8,17H,4-6,9-10H2,1-3H3. The number of anilines is 1. The van der Waals surface area contributed by atoms with Crippen LogP contribution in [0.15, 0.2) is 12.1 Å². The van der Waals surface area contributed by atoms with Crippen LogP contribution in [0.5, 0.6) is 0 Å². The lowest BCUT2D eigenvalue weighted by molar-refractivity contribution is 0.280. The number of hydrogen-bond acceptors (Lipinski definition) is 3. The van der Waals surface area contributed by atoms with E-state index in [1.807, 2.05) is 19.1 Å². The molecule has 2 heterocycles. The van der Waals surface area contributed by atoms with Gasteiger partial charge in [0.05, 0.1) is 6.61 Å². The lowest BCUT2D eigenvalue weighted by Crippen LogP contribution is -2.40. The van der Waals surface area contributed by atoms with E-state index in [4.69, 9.17) is 0 Å². The van der Waals surface area contributed by atoms with Crippen LogP contribution in [0.3, 0.4) is 0 Å². The second kappa shape index (κ2) is 4.65. The zero-order chi connectivity index (χ0) is 12.5. The van der Waals surface area contributed by atoms with Crippen molar-refractivity contribution in [3.05, 3.63) is 23.4 Å². The molecule has 1 N–H and O–H groups in total. The van der Waals surface area contributed by atoms with E-state index in [-0.39, 0.29) is 6.61 Å². The van der Waals surface area contributed by atoms with E-state index < -0.39 is 0 Å². The predicted octanol–water partition coefficient (Wildman–Crippen LogP) is 2.51. The Bertz CT molecular complexity index is 401. The second-order valence-corrected chi connectivity index (χ2v) is 5.82. The number of aromatic nitrogens is 1. The van der Waals surface area contributed by atoms with Crippen LogP contribution < -0.4 is 4.90 Å². The molecule has 0 atom stereocenters. The Labute approximate surface area is 103 Å². The van der Waals surface area contributed by atoms with Crippen molar-refractivity contribution >= 4 is 5.82 Å². The fourth-order valence-electron chi connectivity index (χ4n) is 2.59. The van der Waals surface area contributed by atoms with E-state index in [1.165, 1.54) is 12.8 Å². The van der Waals surface area contributed by atoms with Crippen molar-refractivity contribution in [2.75, 3.05) is 18.0 Å².